The SMILES string of the molecule is Cc1ncnc2c(C3CCC3)cccc12. The number of nitrogens with zero attached hydrogens (tertiary/aromatic N) is 2. The summed E-state index contributed by atoms with van der Waals surface area (Å²) in [5, 5.41) is 1.21. The lowest BCUT2D eigenvalue weighted by Gasteiger charge is -2.26. The molecule has 0 spiro atoms. The van der Waals surface area contributed by atoms with Gasteiger partial charge in [0, 0.05) is 11.1 Å². The maximum Gasteiger partial charge on any atom is 0.116 e. The first kappa shape index (κ1) is 8.84. The number of benzene rings is 1. The minimum atomic E-state index is 0.739. The number of hydrogen-bond donors (Lipinski definition) is 0. The van der Waals surface area contributed by atoms with Gasteiger partial charge in [0.05, 0.1) is 5.52 Å². The Kier molecular flexibility index (Phi) is 1.94. The van der Waals surface area contributed by atoms with Crippen molar-refractivity contribution in [3.05, 3.63) is 35.8 Å². The molecular weight excluding hydrogens is 184 g/mol. The molecule has 15 heavy (non-hydrogen) atoms. The Hall–Kier alpha value is -1.44. The minimum absolute atomic E-state index is 0.739. The van der Waals surface area contributed by atoms with Crippen LogP contribution in [0, 0.1) is 6.92 Å². The monoisotopic (exact) mass is 198 g/mol. The van der Waals surface area contributed by atoms with Gasteiger partial charge in [-0.05, 0) is 31.2 Å². The Balaban J connectivity index is 2.25. The lowest BCUT2D eigenvalue weighted by atomic mass is 9.79. The molecule has 1 aliphatic rings. The van der Waals surface area contributed by atoms with Crippen LogP contribution in [0.15, 0.2) is 24.5 Å². The second-order valence-corrected chi connectivity index (χ2v) is 4.33. The van der Waals surface area contributed by atoms with Crippen LogP contribution in [0.25, 0.3) is 10.9 Å². The third kappa shape index (κ3) is 1.32. The first-order chi connectivity index (χ1) is 7.36. The van der Waals surface area contributed by atoms with Crippen LogP contribution >= 0.6 is 0 Å². The quantitative estimate of drug-likeness (QED) is 0.703. The molecule has 0 amide bonds. The van der Waals surface area contributed by atoms with Crippen molar-refractivity contribution in [2.24, 2.45) is 0 Å². The molecule has 2 aromatic rings. The summed E-state index contributed by atoms with van der Waals surface area (Å²) in [6, 6.07) is 6.47. The van der Waals surface area contributed by atoms with E-state index in [2.05, 4.69) is 35.1 Å². The molecule has 1 fully saturated rings. The topological polar surface area (TPSA) is 25.8 Å². The van der Waals surface area contributed by atoms with Crippen LogP contribution in [0.5, 0.6) is 0 Å². The van der Waals surface area contributed by atoms with E-state index in [1.54, 1.807) is 6.33 Å². The molecule has 76 valence electrons. The summed E-state index contributed by atoms with van der Waals surface area (Å²) >= 11 is 0. The zero-order valence-corrected chi connectivity index (χ0v) is 8.90. The van der Waals surface area contributed by atoms with Crippen molar-refractivity contribution in [3.63, 3.8) is 0 Å². The molecular formula is C13H14N2. The van der Waals surface area contributed by atoms with Gasteiger partial charge in [0.2, 0.25) is 0 Å². The molecule has 2 nitrogen and oxygen atoms in total. The third-order valence-corrected chi connectivity index (χ3v) is 3.44. The highest BCUT2D eigenvalue weighted by Gasteiger charge is 2.21. The fourth-order valence-corrected chi connectivity index (χ4v) is 2.29. The number of aryl methyl sites for hydroxylation is 1. The van der Waals surface area contributed by atoms with Crippen LogP contribution in [0.1, 0.15) is 36.4 Å². The number of rotatable bonds is 1. The molecule has 0 saturated heterocycles. The summed E-state index contributed by atoms with van der Waals surface area (Å²) < 4.78 is 0. The highest BCUT2D eigenvalue weighted by molar-refractivity contribution is 5.84. The molecule has 1 aromatic heterocycles. The van der Waals surface area contributed by atoms with Crippen molar-refractivity contribution >= 4 is 10.9 Å². The predicted octanol–water partition coefficient (Wildman–Crippen LogP) is 3.21. The first-order valence-corrected chi connectivity index (χ1v) is 5.56. The van der Waals surface area contributed by atoms with Gasteiger partial charge in [-0.1, -0.05) is 24.6 Å². The Morgan fingerprint density at radius 1 is 1.20 bits per heavy atom. The highest BCUT2D eigenvalue weighted by Crippen LogP contribution is 2.39. The van der Waals surface area contributed by atoms with E-state index in [1.165, 1.54) is 30.2 Å². The molecule has 2 heteroatoms. The van der Waals surface area contributed by atoms with E-state index in [0.717, 1.165) is 17.1 Å². The van der Waals surface area contributed by atoms with Gasteiger partial charge in [-0.3, -0.25) is 0 Å². The zero-order chi connectivity index (χ0) is 10.3. The summed E-state index contributed by atoms with van der Waals surface area (Å²) in [6.07, 6.45) is 5.69. The number of para-hydroxylation sites is 1. The van der Waals surface area contributed by atoms with Crippen molar-refractivity contribution in [2.75, 3.05) is 0 Å². The van der Waals surface area contributed by atoms with E-state index in [4.69, 9.17) is 0 Å². The molecule has 0 radical (unpaired) electrons. The normalized spacial score (nSPS) is 16.6. The summed E-state index contributed by atoms with van der Waals surface area (Å²) in [5.74, 6) is 0.739. The predicted molar refractivity (Wildman–Crippen MR) is 60.9 cm³/mol. The van der Waals surface area contributed by atoms with Crippen LogP contribution in [-0.4, -0.2) is 9.97 Å². The fraction of sp³-hybridized carbons (Fsp3) is 0.385. The highest BCUT2D eigenvalue weighted by atomic mass is 14.8. The van der Waals surface area contributed by atoms with Gasteiger partial charge < -0.3 is 0 Å². The molecule has 0 aliphatic heterocycles. The van der Waals surface area contributed by atoms with Crippen LogP contribution in [0.4, 0.5) is 0 Å². The average Bonchev–Trinajstić information content (AvgIpc) is 2.17. The second kappa shape index (κ2) is 3.30. The lowest BCUT2D eigenvalue weighted by Crippen LogP contribution is -2.09. The number of aromatic nitrogens is 2. The second-order valence-electron chi connectivity index (χ2n) is 4.33. The van der Waals surface area contributed by atoms with Gasteiger partial charge in [-0.25, -0.2) is 9.97 Å². The number of hydrogen-bond acceptors (Lipinski definition) is 2. The van der Waals surface area contributed by atoms with E-state index in [1.807, 2.05) is 0 Å². The van der Waals surface area contributed by atoms with Gasteiger partial charge in [0.25, 0.3) is 0 Å². The van der Waals surface area contributed by atoms with Crippen LogP contribution in [-0.2, 0) is 0 Å². The first-order valence-electron chi connectivity index (χ1n) is 5.56. The summed E-state index contributed by atoms with van der Waals surface area (Å²) in [6.45, 7) is 2.05. The zero-order valence-electron chi connectivity index (χ0n) is 8.90. The Morgan fingerprint density at radius 2 is 2.07 bits per heavy atom. The molecule has 0 bridgehead atoms. The lowest BCUT2D eigenvalue weighted by molar-refractivity contribution is 0.422. The smallest absolute Gasteiger partial charge is 0.116 e. The summed E-state index contributed by atoms with van der Waals surface area (Å²) in [7, 11) is 0. The van der Waals surface area contributed by atoms with E-state index < -0.39 is 0 Å². The third-order valence-electron chi connectivity index (χ3n) is 3.44. The van der Waals surface area contributed by atoms with Crippen molar-refractivity contribution in [2.45, 2.75) is 32.1 Å². The van der Waals surface area contributed by atoms with Gasteiger partial charge in [-0.15, -0.1) is 0 Å². The van der Waals surface area contributed by atoms with Gasteiger partial charge in [0.1, 0.15) is 6.33 Å². The van der Waals surface area contributed by atoms with Gasteiger partial charge in [0.15, 0.2) is 0 Å². The molecule has 1 aromatic carbocycles. The van der Waals surface area contributed by atoms with Crippen molar-refractivity contribution < 1.29 is 0 Å². The summed E-state index contributed by atoms with van der Waals surface area (Å²) in [4.78, 5) is 8.67. The van der Waals surface area contributed by atoms with E-state index in [-0.39, 0.29) is 0 Å². The molecule has 3 rings (SSSR count). The molecule has 1 aliphatic carbocycles. The summed E-state index contributed by atoms with van der Waals surface area (Å²) in [5.41, 5.74) is 3.67. The van der Waals surface area contributed by atoms with E-state index in [0.29, 0.717) is 0 Å². The van der Waals surface area contributed by atoms with E-state index >= 15 is 0 Å². The standard InChI is InChI=1S/C13H14N2/c1-9-11-6-3-7-12(10-4-2-5-10)13(11)15-8-14-9/h3,6-8,10H,2,4-5H2,1H3. The van der Waals surface area contributed by atoms with Crippen LogP contribution in [0.2, 0.25) is 0 Å². The molecule has 1 saturated carbocycles. The Morgan fingerprint density at radius 3 is 2.80 bits per heavy atom. The largest absolute Gasteiger partial charge is 0.241 e. The average molecular weight is 198 g/mol. The van der Waals surface area contributed by atoms with Gasteiger partial charge in [-0.2, -0.15) is 0 Å². The molecule has 1 heterocycles. The fourth-order valence-electron chi connectivity index (χ4n) is 2.29. The minimum Gasteiger partial charge on any atom is -0.241 e. The van der Waals surface area contributed by atoms with Gasteiger partial charge >= 0.3 is 0 Å². The van der Waals surface area contributed by atoms with Crippen LogP contribution in [0.3, 0.4) is 0 Å². The molecule has 0 unspecified atom stereocenters. The Labute approximate surface area is 89.4 Å². The van der Waals surface area contributed by atoms with Crippen molar-refractivity contribution in [1.29, 1.82) is 0 Å². The van der Waals surface area contributed by atoms with E-state index in [9.17, 15) is 0 Å². The number of fused-ring (bicyclic) bond motifs is 1. The Bertz CT molecular complexity index is 501. The molecule has 0 N–H and O–H groups in total. The maximum atomic E-state index is 4.43. The van der Waals surface area contributed by atoms with Crippen molar-refractivity contribution in [1.82, 2.24) is 9.97 Å². The van der Waals surface area contributed by atoms with Crippen LogP contribution < -0.4 is 0 Å². The molecule has 0 atom stereocenters. The maximum absolute atomic E-state index is 4.43. The van der Waals surface area contributed by atoms with Crippen molar-refractivity contribution in [3.8, 4) is 0 Å².